The monoisotopic (exact) mass is 520 g/mol. The Morgan fingerprint density at radius 2 is 1.68 bits per heavy atom. The van der Waals surface area contributed by atoms with Gasteiger partial charge in [0.25, 0.3) is 0 Å². The second-order valence-corrected chi connectivity index (χ2v) is 15.1. The predicted octanol–water partition coefficient (Wildman–Crippen LogP) is 4.43. The quantitative estimate of drug-likeness (QED) is 0.400. The van der Waals surface area contributed by atoms with Crippen LogP contribution in [0.2, 0.25) is 0 Å². The third-order valence-electron chi connectivity index (χ3n) is 13.4. The van der Waals surface area contributed by atoms with Gasteiger partial charge in [-0.1, -0.05) is 39.3 Å². The SMILES string of the molecule is COC(C)(C)C(O)C(O)C=C(C)C1CCC2(C)C1CC(O)C1C34CCC(O)(OC3)C(C)(C)C4CCC12C. The van der Waals surface area contributed by atoms with Crippen molar-refractivity contribution in [2.75, 3.05) is 13.7 Å². The van der Waals surface area contributed by atoms with Crippen molar-refractivity contribution in [1.29, 1.82) is 0 Å². The van der Waals surface area contributed by atoms with Gasteiger partial charge >= 0.3 is 0 Å². The van der Waals surface area contributed by atoms with Gasteiger partial charge in [-0.05, 0) is 93.8 Å². The molecule has 4 saturated carbocycles. The topological polar surface area (TPSA) is 99.4 Å². The Hall–Kier alpha value is -0.500. The first-order valence-corrected chi connectivity index (χ1v) is 14.6. The molecule has 0 aromatic carbocycles. The highest BCUT2D eigenvalue weighted by molar-refractivity contribution is 5.25. The molecule has 2 heterocycles. The Bertz CT molecular complexity index is 932. The van der Waals surface area contributed by atoms with Crippen molar-refractivity contribution >= 4 is 0 Å². The minimum Gasteiger partial charge on any atom is -0.393 e. The molecule has 0 aromatic rings. The molecular formula is C31H52O6. The van der Waals surface area contributed by atoms with Crippen LogP contribution in [-0.2, 0) is 9.47 Å². The highest BCUT2D eigenvalue weighted by atomic mass is 16.6. The maximum absolute atomic E-state index is 12.0. The fourth-order valence-electron chi connectivity index (χ4n) is 10.7. The number of allylic oxidation sites excluding steroid dienone is 1. The summed E-state index contributed by atoms with van der Waals surface area (Å²) in [5.74, 6) is 0.0472. The lowest BCUT2D eigenvalue weighted by molar-refractivity contribution is -0.404. The van der Waals surface area contributed by atoms with Gasteiger partial charge in [-0.15, -0.1) is 0 Å². The molecule has 6 heteroatoms. The van der Waals surface area contributed by atoms with Gasteiger partial charge in [-0.25, -0.2) is 0 Å². The first kappa shape index (κ1) is 28.0. The third kappa shape index (κ3) is 3.51. The molecule has 0 aromatic heterocycles. The van der Waals surface area contributed by atoms with E-state index < -0.39 is 29.7 Å². The predicted molar refractivity (Wildman–Crippen MR) is 142 cm³/mol. The minimum absolute atomic E-state index is 0.0245. The lowest BCUT2D eigenvalue weighted by atomic mass is 9.33. The van der Waals surface area contributed by atoms with E-state index in [9.17, 15) is 20.4 Å². The fourth-order valence-corrected chi connectivity index (χ4v) is 10.7. The van der Waals surface area contributed by atoms with Crippen molar-refractivity contribution in [3.63, 3.8) is 0 Å². The molecule has 212 valence electrons. The van der Waals surface area contributed by atoms with E-state index in [0.717, 1.165) is 44.1 Å². The normalized spacial score (nSPS) is 50.7. The summed E-state index contributed by atoms with van der Waals surface area (Å²) < 4.78 is 11.7. The third-order valence-corrected chi connectivity index (χ3v) is 13.4. The molecule has 11 atom stereocenters. The largest absolute Gasteiger partial charge is 0.393 e. The van der Waals surface area contributed by atoms with Crippen LogP contribution in [-0.4, -0.2) is 63.8 Å². The number of methoxy groups -OCH3 is 1. The van der Waals surface area contributed by atoms with Gasteiger partial charge < -0.3 is 29.9 Å². The molecular weight excluding hydrogens is 468 g/mol. The zero-order valence-corrected chi connectivity index (χ0v) is 24.4. The highest BCUT2D eigenvalue weighted by Crippen LogP contribution is 2.77. The summed E-state index contributed by atoms with van der Waals surface area (Å²) in [6.07, 6.45) is 6.00. The lowest BCUT2D eigenvalue weighted by Crippen LogP contribution is -2.75. The molecule has 2 saturated heterocycles. The number of ether oxygens (including phenoxy) is 2. The summed E-state index contributed by atoms with van der Waals surface area (Å²) in [7, 11) is 1.55. The van der Waals surface area contributed by atoms with Gasteiger partial charge in [0, 0.05) is 24.4 Å². The van der Waals surface area contributed by atoms with Crippen LogP contribution in [0.4, 0.5) is 0 Å². The van der Waals surface area contributed by atoms with Crippen molar-refractivity contribution in [1.82, 2.24) is 0 Å². The maximum atomic E-state index is 12.0. The summed E-state index contributed by atoms with van der Waals surface area (Å²) in [5.41, 5.74) is -0.110. The van der Waals surface area contributed by atoms with Crippen LogP contribution in [0, 0.1) is 45.3 Å². The van der Waals surface area contributed by atoms with Crippen molar-refractivity contribution in [3.05, 3.63) is 11.6 Å². The number of fused-ring (bicyclic) bond motifs is 5. The molecule has 4 aliphatic carbocycles. The van der Waals surface area contributed by atoms with Crippen molar-refractivity contribution in [3.8, 4) is 0 Å². The second kappa shape index (κ2) is 8.50. The van der Waals surface area contributed by atoms with Gasteiger partial charge in [-0.3, -0.25) is 0 Å². The molecule has 6 nitrogen and oxygen atoms in total. The molecule has 37 heavy (non-hydrogen) atoms. The highest BCUT2D eigenvalue weighted by Gasteiger charge is 2.75. The van der Waals surface area contributed by atoms with Crippen molar-refractivity contribution in [2.24, 2.45) is 45.3 Å². The van der Waals surface area contributed by atoms with Gasteiger partial charge in [0.1, 0.15) is 12.2 Å². The van der Waals surface area contributed by atoms with E-state index in [1.54, 1.807) is 21.0 Å². The Kier molecular flexibility index (Phi) is 6.44. The van der Waals surface area contributed by atoms with E-state index in [1.165, 1.54) is 0 Å². The standard InChI is InChI=1S/C31H52O6/c1-18(15-22(33)25(34)27(4,5)36-8)19-9-11-28(6)20(19)16-21(32)24-29(28,7)12-10-23-26(2,3)31(35)14-13-30(23,24)17-37-31/h15,19-25,32-35H,9-14,16-17H2,1-8H3. The number of rotatable bonds is 5. The Morgan fingerprint density at radius 1 is 1.03 bits per heavy atom. The number of aliphatic hydroxyl groups is 4. The van der Waals surface area contributed by atoms with Crippen LogP contribution in [0.1, 0.15) is 93.4 Å². The Labute approximate surface area is 223 Å². The van der Waals surface area contributed by atoms with E-state index in [4.69, 9.17) is 9.47 Å². The summed E-state index contributed by atoms with van der Waals surface area (Å²) in [4.78, 5) is 0. The molecule has 4 N–H and O–H groups in total. The van der Waals surface area contributed by atoms with Crippen LogP contribution >= 0.6 is 0 Å². The summed E-state index contributed by atoms with van der Waals surface area (Å²) in [6, 6.07) is 0. The number of hydrogen-bond acceptors (Lipinski definition) is 6. The van der Waals surface area contributed by atoms with Gasteiger partial charge in [0.05, 0.1) is 18.3 Å². The molecule has 2 aliphatic heterocycles. The van der Waals surface area contributed by atoms with E-state index in [-0.39, 0.29) is 33.5 Å². The molecule has 6 rings (SSSR count). The van der Waals surface area contributed by atoms with E-state index >= 15 is 0 Å². The first-order valence-electron chi connectivity index (χ1n) is 14.6. The summed E-state index contributed by atoms with van der Waals surface area (Å²) in [6.45, 7) is 15.5. The van der Waals surface area contributed by atoms with Gasteiger partial charge in [-0.2, -0.15) is 0 Å². The zero-order chi connectivity index (χ0) is 27.4. The summed E-state index contributed by atoms with van der Waals surface area (Å²) >= 11 is 0. The average molecular weight is 521 g/mol. The molecule has 6 fully saturated rings. The minimum atomic E-state index is -1.05. The van der Waals surface area contributed by atoms with Gasteiger partial charge in [0.15, 0.2) is 5.79 Å². The fraction of sp³-hybridized carbons (Fsp3) is 0.935. The second-order valence-electron chi connectivity index (χ2n) is 15.1. The summed E-state index contributed by atoms with van der Waals surface area (Å²) in [5, 5.41) is 44.9. The van der Waals surface area contributed by atoms with Crippen LogP contribution in [0.3, 0.4) is 0 Å². The zero-order valence-electron chi connectivity index (χ0n) is 24.4. The molecule has 0 radical (unpaired) electrons. The maximum Gasteiger partial charge on any atom is 0.170 e. The van der Waals surface area contributed by atoms with Crippen LogP contribution in [0.5, 0.6) is 0 Å². The Balaban J connectivity index is 1.46. The molecule has 6 aliphatic rings. The molecule has 11 unspecified atom stereocenters. The molecule has 0 amide bonds. The lowest BCUT2D eigenvalue weighted by Gasteiger charge is -2.74. The smallest absolute Gasteiger partial charge is 0.170 e. The number of aliphatic hydroxyl groups excluding tert-OH is 3. The van der Waals surface area contributed by atoms with Crippen molar-refractivity contribution in [2.45, 2.75) is 123 Å². The molecule has 1 spiro atoms. The molecule has 2 bridgehead atoms. The number of hydrogen-bond donors (Lipinski definition) is 4. The average Bonchev–Trinajstić information content (AvgIpc) is 3.17. The van der Waals surface area contributed by atoms with Crippen LogP contribution < -0.4 is 0 Å². The van der Waals surface area contributed by atoms with Crippen LogP contribution in [0.15, 0.2) is 11.6 Å². The first-order chi connectivity index (χ1) is 17.0. The van der Waals surface area contributed by atoms with Crippen molar-refractivity contribution < 1.29 is 29.9 Å². The van der Waals surface area contributed by atoms with E-state index in [1.807, 2.05) is 6.08 Å². The van der Waals surface area contributed by atoms with E-state index in [2.05, 4.69) is 34.6 Å². The van der Waals surface area contributed by atoms with Gasteiger partial charge in [0.2, 0.25) is 0 Å². The van der Waals surface area contributed by atoms with E-state index in [0.29, 0.717) is 24.9 Å². The Morgan fingerprint density at radius 3 is 2.27 bits per heavy atom. The van der Waals surface area contributed by atoms with Crippen LogP contribution in [0.25, 0.3) is 0 Å².